The highest BCUT2D eigenvalue weighted by Gasteiger charge is 2.07. The van der Waals surface area contributed by atoms with Crippen molar-refractivity contribution in [2.45, 2.75) is 13.5 Å². The zero-order valence-corrected chi connectivity index (χ0v) is 12.0. The summed E-state index contributed by atoms with van der Waals surface area (Å²) in [4.78, 5) is 19.7. The molecule has 0 bridgehead atoms. The number of hydrogen-bond acceptors (Lipinski definition) is 5. The summed E-state index contributed by atoms with van der Waals surface area (Å²) in [5.74, 6) is 0.586. The molecule has 0 saturated heterocycles. The predicted octanol–water partition coefficient (Wildman–Crippen LogP) is 1.81. The number of hydrogen-bond donors (Lipinski definition) is 1. The van der Waals surface area contributed by atoms with Gasteiger partial charge >= 0.3 is 6.01 Å². The molecule has 0 fully saturated rings. The van der Waals surface area contributed by atoms with Crippen LogP contribution in [0.2, 0.25) is 0 Å². The highest BCUT2D eigenvalue weighted by molar-refractivity contribution is 5.93. The van der Waals surface area contributed by atoms with Crippen molar-refractivity contribution in [3.63, 3.8) is 0 Å². The molecule has 110 valence electrons. The Balaban J connectivity index is 1.90. The molecule has 1 aromatic carbocycles. The van der Waals surface area contributed by atoms with E-state index in [1.807, 2.05) is 31.2 Å². The Kier molecular flexibility index (Phi) is 5.09. The van der Waals surface area contributed by atoms with E-state index in [0.29, 0.717) is 18.7 Å². The van der Waals surface area contributed by atoms with Crippen LogP contribution in [0.15, 0.2) is 36.7 Å². The second-order valence-corrected chi connectivity index (χ2v) is 4.22. The average molecular weight is 287 g/mol. The van der Waals surface area contributed by atoms with Crippen molar-refractivity contribution in [3.8, 4) is 11.8 Å². The largest absolute Gasteiger partial charge is 0.494 e. The molecule has 0 spiro atoms. The maximum Gasteiger partial charge on any atom is 0.316 e. The molecule has 1 heterocycles. The molecule has 6 nitrogen and oxygen atoms in total. The van der Waals surface area contributed by atoms with E-state index < -0.39 is 0 Å². The molecule has 0 unspecified atom stereocenters. The van der Waals surface area contributed by atoms with Gasteiger partial charge in [0, 0.05) is 18.9 Å². The maximum atomic E-state index is 11.9. The van der Waals surface area contributed by atoms with Gasteiger partial charge in [-0.2, -0.15) is 0 Å². The second kappa shape index (κ2) is 7.23. The van der Waals surface area contributed by atoms with E-state index in [0.717, 1.165) is 11.3 Å². The third kappa shape index (κ3) is 4.17. The Labute approximate surface area is 123 Å². The van der Waals surface area contributed by atoms with Crippen molar-refractivity contribution in [1.82, 2.24) is 15.3 Å². The standard InChI is InChI=1S/C15H17N3O3/c1-3-21-13-6-4-11(5-7-13)8-16-14(19)12-9-17-15(20-2)18-10-12/h4-7,9-10H,3,8H2,1-2H3,(H,16,19). The lowest BCUT2D eigenvalue weighted by Crippen LogP contribution is -2.23. The number of amides is 1. The van der Waals surface area contributed by atoms with Crippen LogP contribution >= 0.6 is 0 Å². The monoisotopic (exact) mass is 287 g/mol. The van der Waals surface area contributed by atoms with E-state index >= 15 is 0 Å². The van der Waals surface area contributed by atoms with E-state index in [1.54, 1.807) is 0 Å². The van der Waals surface area contributed by atoms with Crippen LogP contribution in [0, 0.1) is 0 Å². The van der Waals surface area contributed by atoms with Crippen LogP contribution in [0.25, 0.3) is 0 Å². The lowest BCUT2D eigenvalue weighted by atomic mass is 10.2. The summed E-state index contributed by atoms with van der Waals surface area (Å²) in [6.07, 6.45) is 2.86. The van der Waals surface area contributed by atoms with Gasteiger partial charge in [0.25, 0.3) is 5.91 Å². The molecule has 2 aromatic rings. The van der Waals surface area contributed by atoms with E-state index in [1.165, 1.54) is 19.5 Å². The van der Waals surface area contributed by atoms with Crippen LogP contribution in [0.4, 0.5) is 0 Å². The fourth-order valence-corrected chi connectivity index (χ4v) is 1.69. The normalized spacial score (nSPS) is 10.0. The molecule has 1 N–H and O–H groups in total. The van der Waals surface area contributed by atoms with Gasteiger partial charge in [0.05, 0.1) is 19.3 Å². The fraction of sp³-hybridized carbons (Fsp3) is 0.267. The molecule has 1 amide bonds. The summed E-state index contributed by atoms with van der Waals surface area (Å²) in [5, 5.41) is 2.80. The van der Waals surface area contributed by atoms with Gasteiger partial charge in [0.15, 0.2) is 0 Å². The SMILES string of the molecule is CCOc1ccc(CNC(=O)c2cnc(OC)nc2)cc1. The first kappa shape index (κ1) is 14.8. The zero-order valence-electron chi connectivity index (χ0n) is 12.0. The molecule has 0 aliphatic rings. The van der Waals surface area contributed by atoms with Crippen LogP contribution in [0.3, 0.4) is 0 Å². The van der Waals surface area contributed by atoms with E-state index in [2.05, 4.69) is 15.3 Å². The number of ether oxygens (including phenoxy) is 2. The summed E-state index contributed by atoms with van der Waals surface area (Å²) < 4.78 is 10.2. The van der Waals surface area contributed by atoms with E-state index in [4.69, 9.17) is 9.47 Å². The van der Waals surface area contributed by atoms with Gasteiger partial charge in [0.2, 0.25) is 0 Å². The Bertz CT molecular complexity index is 582. The maximum absolute atomic E-state index is 11.9. The van der Waals surface area contributed by atoms with Gasteiger partial charge in [0.1, 0.15) is 5.75 Å². The minimum Gasteiger partial charge on any atom is -0.494 e. The van der Waals surface area contributed by atoms with Gasteiger partial charge < -0.3 is 14.8 Å². The third-order valence-electron chi connectivity index (χ3n) is 2.76. The third-order valence-corrected chi connectivity index (χ3v) is 2.76. The van der Waals surface area contributed by atoms with E-state index in [-0.39, 0.29) is 11.9 Å². The molecule has 1 aromatic heterocycles. The highest BCUT2D eigenvalue weighted by Crippen LogP contribution is 2.12. The van der Waals surface area contributed by atoms with Crippen LogP contribution in [-0.2, 0) is 6.54 Å². The number of nitrogens with zero attached hydrogens (tertiary/aromatic N) is 2. The summed E-state index contributed by atoms with van der Waals surface area (Å²) >= 11 is 0. The molecule has 6 heteroatoms. The first-order valence-electron chi connectivity index (χ1n) is 6.59. The van der Waals surface area contributed by atoms with Crippen LogP contribution < -0.4 is 14.8 Å². The molecular weight excluding hydrogens is 270 g/mol. The fourth-order valence-electron chi connectivity index (χ4n) is 1.69. The van der Waals surface area contributed by atoms with Gasteiger partial charge in [-0.05, 0) is 24.6 Å². The lowest BCUT2D eigenvalue weighted by Gasteiger charge is -2.07. The molecule has 0 atom stereocenters. The van der Waals surface area contributed by atoms with Crippen molar-refractivity contribution >= 4 is 5.91 Å². The van der Waals surface area contributed by atoms with Crippen molar-refractivity contribution in [1.29, 1.82) is 0 Å². The number of carbonyl (C=O) groups is 1. The van der Waals surface area contributed by atoms with Crippen LogP contribution in [0.1, 0.15) is 22.8 Å². The van der Waals surface area contributed by atoms with Crippen LogP contribution in [-0.4, -0.2) is 29.6 Å². The Morgan fingerprint density at radius 3 is 2.43 bits per heavy atom. The first-order chi connectivity index (χ1) is 10.2. The van der Waals surface area contributed by atoms with Gasteiger partial charge in [-0.3, -0.25) is 4.79 Å². The van der Waals surface area contributed by atoms with Gasteiger partial charge in [-0.1, -0.05) is 12.1 Å². The molecule has 2 rings (SSSR count). The molecule has 0 radical (unpaired) electrons. The topological polar surface area (TPSA) is 73.3 Å². The number of methoxy groups -OCH3 is 1. The smallest absolute Gasteiger partial charge is 0.316 e. The van der Waals surface area contributed by atoms with Gasteiger partial charge in [-0.25, -0.2) is 9.97 Å². The Morgan fingerprint density at radius 1 is 1.19 bits per heavy atom. The minimum atomic E-state index is -0.230. The predicted molar refractivity (Wildman–Crippen MR) is 77.4 cm³/mol. The second-order valence-electron chi connectivity index (χ2n) is 4.22. The number of carbonyl (C=O) groups excluding carboxylic acids is 1. The van der Waals surface area contributed by atoms with Gasteiger partial charge in [-0.15, -0.1) is 0 Å². The highest BCUT2D eigenvalue weighted by atomic mass is 16.5. The summed E-state index contributed by atoms with van der Waals surface area (Å²) in [6, 6.07) is 7.81. The molecule has 0 saturated carbocycles. The molecule has 0 aliphatic carbocycles. The summed E-state index contributed by atoms with van der Waals surface area (Å²) in [5.41, 5.74) is 1.38. The van der Waals surface area contributed by atoms with Crippen LogP contribution in [0.5, 0.6) is 11.8 Å². The minimum absolute atomic E-state index is 0.230. The summed E-state index contributed by atoms with van der Waals surface area (Å²) in [7, 11) is 1.47. The van der Waals surface area contributed by atoms with Crippen molar-refractivity contribution in [2.24, 2.45) is 0 Å². The van der Waals surface area contributed by atoms with Crippen molar-refractivity contribution in [3.05, 3.63) is 47.8 Å². The zero-order chi connectivity index (χ0) is 15.1. The van der Waals surface area contributed by atoms with E-state index in [9.17, 15) is 4.79 Å². The summed E-state index contributed by atoms with van der Waals surface area (Å²) in [6.45, 7) is 3.00. The Hall–Kier alpha value is -2.63. The van der Waals surface area contributed by atoms with Crippen molar-refractivity contribution < 1.29 is 14.3 Å². The lowest BCUT2D eigenvalue weighted by molar-refractivity contribution is 0.0950. The average Bonchev–Trinajstić information content (AvgIpc) is 2.54. The molecule has 21 heavy (non-hydrogen) atoms. The number of nitrogens with one attached hydrogen (secondary N) is 1. The number of aromatic nitrogens is 2. The number of rotatable bonds is 6. The quantitative estimate of drug-likeness (QED) is 0.877. The molecular formula is C15H17N3O3. The Morgan fingerprint density at radius 2 is 1.86 bits per heavy atom. The van der Waals surface area contributed by atoms with Crippen molar-refractivity contribution in [2.75, 3.05) is 13.7 Å². The first-order valence-corrected chi connectivity index (χ1v) is 6.59. The molecule has 0 aliphatic heterocycles. The number of benzene rings is 1.